The zero-order valence-electron chi connectivity index (χ0n) is 11.1. The van der Waals surface area contributed by atoms with Crippen molar-refractivity contribution >= 4 is 5.91 Å². The summed E-state index contributed by atoms with van der Waals surface area (Å²) in [5.41, 5.74) is 1.29. The van der Waals surface area contributed by atoms with Crippen molar-refractivity contribution in [2.45, 2.75) is 27.7 Å². The molecule has 0 atom stereocenters. The van der Waals surface area contributed by atoms with Gasteiger partial charge >= 0.3 is 0 Å². The van der Waals surface area contributed by atoms with E-state index in [1.807, 2.05) is 13.8 Å². The lowest BCUT2D eigenvalue weighted by molar-refractivity contribution is 0.0769. The Morgan fingerprint density at radius 1 is 1.29 bits per heavy atom. The van der Waals surface area contributed by atoms with E-state index in [1.165, 1.54) is 4.68 Å². The highest BCUT2D eigenvalue weighted by Crippen LogP contribution is 2.09. The third-order valence-electron chi connectivity index (χ3n) is 2.99. The lowest BCUT2D eigenvalue weighted by Crippen LogP contribution is -2.38. The molecule has 5 heteroatoms. The Morgan fingerprint density at radius 3 is 2.29 bits per heavy atom. The topological polar surface area (TPSA) is 55.2 Å². The van der Waals surface area contributed by atoms with Gasteiger partial charge < -0.3 is 4.90 Å². The third-order valence-corrected chi connectivity index (χ3v) is 2.99. The molecule has 5 nitrogen and oxygen atoms in total. The average molecular weight is 237 g/mol. The van der Waals surface area contributed by atoms with Crippen LogP contribution in [0.2, 0.25) is 0 Å². The van der Waals surface area contributed by atoms with Gasteiger partial charge in [0.05, 0.1) is 5.69 Å². The molecule has 1 rings (SSSR count). The summed E-state index contributed by atoms with van der Waals surface area (Å²) in [4.78, 5) is 25.9. The molecule has 0 fully saturated rings. The monoisotopic (exact) mass is 237 g/mol. The van der Waals surface area contributed by atoms with Gasteiger partial charge in [-0.1, -0.05) is 0 Å². The zero-order chi connectivity index (χ0) is 13.2. The van der Waals surface area contributed by atoms with Gasteiger partial charge in [0.1, 0.15) is 5.56 Å². The number of amides is 1. The van der Waals surface area contributed by atoms with Crippen LogP contribution in [0.5, 0.6) is 0 Å². The van der Waals surface area contributed by atoms with Crippen LogP contribution >= 0.6 is 0 Å². The van der Waals surface area contributed by atoms with E-state index in [4.69, 9.17) is 0 Å². The minimum atomic E-state index is -0.329. The molecule has 0 aliphatic rings. The highest BCUT2D eigenvalue weighted by atomic mass is 16.2. The summed E-state index contributed by atoms with van der Waals surface area (Å²) in [6.45, 7) is 8.55. The lowest BCUT2D eigenvalue weighted by atomic mass is 10.1. The fraction of sp³-hybridized carbons (Fsp3) is 0.583. The molecule has 0 saturated heterocycles. The largest absolute Gasteiger partial charge is 0.339 e. The maximum Gasteiger partial charge on any atom is 0.279 e. The van der Waals surface area contributed by atoms with Crippen LogP contribution in [0.1, 0.15) is 35.5 Å². The van der Waals surface area contributed by atoms with E-state index in [2.05, 4.69) is 5.10 Å². The van der Waals surface area contributed by atoms with Crippen LogP contribution in [-0.4, -0.2) is 33.7 Å². The van der Waals surface area contributed by atoms with E-state index in [-0.39, 0.29) is 17.0 Å². The van der Waals surface area contributed by atoms with Crippen molar-refractivity contribution in [1.82, 2.24) is 14.7 Å². The number of hydrogen-bond donors (Lipinski definition) is 0. The first-order chi connectivity index (χ1) is 7.93. The molecule has 1 heterocycles. The molecular weight excluding hydrogens is 218 g/mol. The second-order valence-electron chi connectivity index (χ2n) is 3.99. The van der Waals surface area contributed by atoms with E-state index in [1.54, 1.807) is 25.8 Å². The van der Waals surface area contributed by atoms with E-state index in [9.17, 15) is 9.59 Å². The molecule has 1 aromatic rings. The highest BCUT2D eigenvalue weighted by Gasteiger charge is 2.21. The van der Waals surface area contributed by atoms with Gasteiger partial charge in [0.2, 0.25) is 0 Å². The lowest BCUT2D eigenvalue weighted by Gasteiger charge is -2.20. The Hall–Kier alpha value is -1.65. The number of aryl methyl sites for hydroxylation is 2. The summed E-state index contributed by atoms with van der Waals surface area (Å²) in [6.07, 6.45) is 0. The second kappa shape index (κ2) is 5.12. The first-order valence-electron chi connectivity index (χ1n) is 5.77. The van der Waals surface area contributed by atoms with E-state index in [0.29, 0.717) is 24.3 Å². The summed E-state index contributed by atoms with van der Waals surface area (Å²) in [5.74, 6) is -0.210. The third kappa shape index (κ3) is 2.38. The van der Waals surface area contributed by atoms with Crippen LogP contribution in [0.25, 0.3) is 0 Å². The molecule has 0 unspecified atom stereocenters. The van der Waals surface area contributed by atoms with Gasteiger partial charge in [-0.25, -0.2) is 4.68 Å². The number of nitrogens with zero attached hydrogens (tertiary/aromatic N) is 3. The maximum absolute atomic E-state index is 12.2. The molecule has 0 radical (unpaired) electrons. The molecule has 0 aliphatic carbocycles. The fourth-order valence-corrected chi connectivity index (χ4v) is 1.77. The SMILES string of the molecule is CCN(CC)C(=O)c1c(C)c(C)nn(C)c1=O. The van der Waals surface area contributed by atoms with Crippen molar-refractivity contribution in [2.75, 3.05) is 13.1 Å². The van der Waals surface area contributed by atoms with Crippen LogP contribution in [0.4, 0.5) is 0 Å². The molecule has 0 spiro atoms. The molecule has 0 aliphatic heterocycles. The summed E-state index contributed by atoms with van der Waals surface area (Å²) in [7, 11) is 1.56. The number of rotatable bonds is 3. The quantitative estimate of drug-likeness (QED) is 0.784. The van der Waals surface area contributed by atoms with Gasteiger partial charge in [-0.15, -0.1) is 0 Å². The van der Waals surface area contributed by atoms with Crippen LogP contribution in [0, 0.1) is 13.8 Å². The Morgan fingerprint density at radius 2 is 1.82 bits per heavy atom. The van der Waals surface area contributed by atoms with Crippen molar-refractivity contribution in [3.05, 3.63) is 27.2 Å². The predicted molar refractivity (Wildman–Crippen MR) is 66.2 cm³/mol. The summed E-state index contributed by atoms with van der Waals surface area (Å²) >= 11 is 0. The van der Waals surface area contributed by atoms with Crippen molar-refractivity contribution in [1.29, 1.82) is 0 Å². The van der Waals surface area contributed by atoms with E-state index < -0.39 is 0 Å². The minimum absolute atomic E-state index is 0.210. The molecule has 0 aromatic carbocycles. The molecular formula is C12H19N3O2. The van der Waals surface area contributed by atoms with E-state index >= 15 is 0 Å². The Balaban J connectivity index is 3.41. The first-order valence-corrected chi connectivity index (χ1v) is 5.77. The standard InChI is InChI=1S/C12H19N3O2/c1-6-15(7-2)12(17)10-8(3)9(4)13-14(5)11(10)16/h6-7H2,1-5H3. The molecule has 94 valence electrons. The van der Waals surface area contributed by atoms with Gasteiger partial charge in [0.25, 0.3) is 11.5 Å². The Kier molecular flexibility index (Phi) is 4.04. The number of carbonyl (C=O) groups is 1. The molecule has 0 bridgehead atoms. The molecule has 17 heavy (non-hydrogen) atoms. The highest BCUT2D eigenvalue weighted by molar-refractivity contribution is 5.95. The van der Waals surface area contributed by atoms with Gasteiger partial charge in [0.15, 0.2) is 0 Å². The minimum Gasteiger partial charge on any atom is -0.339 e. The van der Waals surface area contributed by atoms with Crippen LogP contribution in [-0.2, 0) is 7.05 Å². The van der Waals surface area contributed by atoms with Crippen LogP contribution < -0.4 is 5.56 Å². The van der Waals surface area contributed by atoms with Crippen molar-refractivity contribution in [3.63, 3.8) is 0 Å². The Labute approximate surface area is 101 Å². The first kappa shape index (κ1) is 13.4. The van der Waals surface area contributed by atoms with E-state index in [0.717, 1.165) is 0 Å². The number of carbonyl (C=O) groups excluding carboxylic acids is 1. The predicted octanol–water partition coefficient (Wildman–Crippen LogP) is 0.879. The van der Waals surface area contributed by atoms with Gasteiger partial charge in [0, 0.05) is 20.1 Å². The second-order valence-corrected chi connectivity index (χ2v) is 3.99. The van der Waals surface area contributed by atoms with Gasteiger partial charge in [-0.05, 0) is 33.3 Å². The number of hydrogen-bond acceptors (Lipinski definition) is 3. The zero-order valence-corrected chi connectivity index (χ0v) is 11.1. The van der Waals surface area contributed by atoms with Crippen molar-refractivity contribution in [3.8, 4) is 0 Å². The molecule has 1 amide bonds. The fourth-order valence-electron chi connectivity index (χ4n) is 1.77. The normalized spacial score (nSPS) is 10.4. The smallest absolute Gasteiger partial charge is 0.279 e. The van der Waals surface area contributed by atoms with Gasteiger partial charge in [-0.2, -0.15) is 5.10 Å². The maximum atomic E-state index is 12.2. The summed E-state index contributed by atoms with van der Waals surface area (Å²) in [6, 6.07) is 0. The van der Waals surface area contributed by atoms with Crippen molar-refractivity contribution < 1.29 is 4.79 Å². The molecule has 0 N–H and O–H groups in total. The summed E-state index contributed by atoms with van der Waals surface area (Å²) in [5, 5.41) is 4.06. The van der Waals surface area contributed by atoms with Crippen molar-refractivity contribution in [2.24, 2.45) is 7.05 Å². The van der Waals surface area contributed by atoms with Crippen LogP contribution in [0.3, 0.4) is 0 Å². The number of aromatic nitrogens is 2. The summed E-state index contributed by atoms with van der Waals surface area (Å²) < 4.78 is 1.22. The van der Waals surface area contributed by atoms with Crippen LogP contribution in [0.15, 0.2) is 4.79 Å². The molecule has 0 saturated carbocycles. The molecule has 1 aromatic heterocycles. The Bertz CT molecular complexity index is 487. The average Bonchev–Trinajstić information content (AvgIpc) is 2.28. The van der Waals surface area contributed by atoms with Gasteiger partial charge in [-0.3, -0.25) is 9.59 Å².